The smallest absolute Gasteiger partial charge is 0.224 e. The van der Waals surface area contributed by atoms with Gasteiger partial charge in [-0.2, -0.15) is 4.98 Å². The predicted octanol–water partition coefficient (Wildman–Crippen LogP) is 1.35. The zero-order chi connectivity index (χ0) is 13.7. The largest absolute Gasteiger partial charge is 0.370 e. The molecule has 1 heterocycles. The van der Waals surface area contributed by atoms with Crippen LogP contribution in [0, 0.1) is 0 Å². The molecule has 2 aromatic rings. The van der Waals surface area contributed by atoms with E-state index in [-0.39, 0.29) is 5.91 Å². The average molecular weight is 259 g/mol. The number of carbonyl (C=O) groups excluding carboxylic acids is 1. The second kappa shape index (κ2) is 5.99. The van der Waals surface area contributed by atoms with Crippen molar-refractivity contribution < 1.29 is 4.79 Å². The molecule has 4 N–H and O–H groups in total. The number of nitrogens with zero attached hydrogens (tertiary/aromatic N) is 2. The van der Waals surface area contributed by atoms with Crippen LogP contribution in [0.1, 0.15) is 12.8 Å². The number of amides is 1. The minimum Gasteiger partial charge on any atom is -0.370 e. The first-order chi connectivity index (χ1) is 9.20. The number of nitrogens with two attached hydrogens (primary N) is 1. The molecule has 0 saturated heterocycles. The standard InChI is InChI=1S/C13H17N5O/c1-15-13-17-10-6-3-2-5-9(10)12(18-13)16-8-4-7-11(14)19/h2-3,5-6H,4,7-8H2,1H3,(H2,14,19)(H2,15,16,17,18). The van der Waals surface area contributed by atoms with Crippen LogP contribution in [0.4, 0.5) is 11.8 Å². The third kappa shape index (κ3) is 3.31. The molecule has 0 aliphatic heterocycles. The van der Waals surface area contributed by atoms with Crippen LogP contribution in [0.2, 0.25) is 0 Å². The van der Waals surface area contributed by atoms with Crippen molar-refractivity contribution in [3.05, 3.63) is 24.3 Å². The second-order valence-electron chi connectivity index (χ2n) is 4.16. The monoisotopic (exact) mass is 259 g/mol. The van der Waals surface area contributed by atoms with E-state index in [9.17, 15) is 4.79 Å². The number of aromatic nitrogens is 2. The fraction of sp³-hybridized carbons (Fsp3) is 0.308. The van der Waals surface area contributed by atoms with Crippen LogP contribution < -0.4 is 16.4 Å². The topological polar surface area (TPSA) is 92.9 Å². The maximum Gasteiger partial charge on any atom is 0.224 e. The lowest BCUT2D eigenvalue weighted by Crippen LogP contribution is -2.13. The molecule has 2 rings (SSSR count). The van der Waals surface area contributed by atoms with Gasteiger partial charge >= 0.3 is 0 Å². The van der Waals surface area contributed by atoms with Crippen molar-refractivity contribution in [2.45, 2.75) is 12.8 Å². The molecule has 0 atom stereocenters. The van der Waals surface area contributed by atoms with Gasteiger partial charge in [-0.25, -0.2) is 4.98 Å². The van der Waals surface area contributed by atoms with Crippen LogP contribution in [0.3, 0.4) is 0 Å². The number of hydrogen-bond acceptors (Lipinski definition) is 5. The van der Waals surface area contributed by atoms with Crippen molar-refractivity contribution in [3.63, 3.8) is 0 Å². The van der Waals surface area contributed by atoms with Gasteiger partial charge in [0, 0.05) is 25.4 Å². The van der Waals surface area contributed by atoms with Crippen LogP contribution in [-0.2, 0) is 4.79 Å². The van der Waals surface area contributed by atoms with Gasteiger partial charge < -0.3 is 16.4 Å². The minimum atomic E-state index is -0.287. The van der Waals surface area contributed by atoms with Crippen molar-refractivity contribution in [1.29, 1.82) is 0 Å². The Kier molecular flexibility index (Phi) is 4.12. The highest BCUT2D eigenvalue weighted by Crippen LogP contribution is 2.21. The first-order valence-electron chi connectivity index (χ1n) is 6.17. The fourth-order valence-electron chi connectivity index (χ4n) is 1.79. The van der Waals surface area contributed by atoms with E-state index >= 15 is 0 Å². The predicted molar refractivity (Wildman–Crippen MR) is 76.0 cm³/mol. The lowest BCUT2D eigenvalue weighted by Gasteiger charge is -2.10. The van der Waals surface area contributed by atoms with E-state index in [2.05, 4.69) is 20.6 Å². The number of fused-ring (bicyclic) bond motifs is 1. The molecule has 6 heteroatoms. The van der Waals surface area contributed by atoms with Gasteiger partial charge in [-0.1, -0.05) is 12.1 Å². The SMILES string of the molecule is CNc1nc(NCCCC(N)=O)c2ccccc2n1. The second-order valence-corrected chi connectivity index (χ2v) is 4.16. The summed E-state index contributed by atoms with van der Waals surface area (Å²) in [5.74, 6) is 1.04. The number of rotatable bonds is 6. The van der Waals surface area contributed by atoms with Crippen LogP contribution in [0.5, 0.6) is 0 Å². The van der Waals surface area contributed by atoms with Gasteiger partial charge in [0.05, 0.1) is 5.52 Å². The molecule has 1 aromatic heterocycles. The maximum atomic E-state index is 10.7. The van der Waals surface area contributed by atoms with Crippen molar-refractivity contribution in [2.24, 2.45) is 5.73 Å². The summed E-state index contributed by atoms with van der Waals surface area (Å²) in [7, 11) is 1.78. The van der Waals surface area contributed by atoms with Gasteiger partial charge in [0.1, 0.15) is 5.82 Å². The Morgan fingerprint density at radius 3 is 2.84 bits per heavy atom. The molecule has 100 valence electrons. The molecule has 1 aromatic carbocycles. The molecular weight excluding hydrogens is 242 g/mol. The van der Waals surface area contributed by atoms with Crippen molar-refractivity contribution >= 4 is 28.6 Å². The van der Waals surface area contributed by atoms with Crippen molar-refractivity contribution in [3.8, 4) is 0 Å². The molecule has 0 fully saturated rings. The summed E-state index contributed by atoms with van der Waals surface area (Å²) in [5, 5.41) is 7.11. The van der Waals surface area contributed by atoms with E-state index < -0.39 is 0 Å². The zero-order valence-electron chi connectivity index (χ0n) is 10.8. The Morgan fingerprint density at radius 2 is 2.11 bits per heavy atom. The van der Waals surface area contributed by atoms with E-state index in [4.69, 9.17) is 5.73 Å². The Morgan fingerprint density at radius 1 is 1.32 bits per heavy atom. The molecule has 0 aliphatic carbocycles. The Hall–Kier alpha value is -2.37. The Labute approximate surface area is 111 Å². The summed E-state index contributed by atoms with van der Waals surface area (Å²) in [6.45, 7) is 0.646. The van der Waals surface area contributed by atoms with Gasteiger partial charge in [0.2, 0.25) is 11.9 Å². The van der Waals surface area contributed by atoms with E-state index in [1.807, 2.05) is 24.3 Å². The Bertz CT molecular complexity index is 584. The molecule has 6 nitrogen and oxygen atoms in total. The van der Waals surface area contributed by atoms with E-state index in [0.29, 0.717) is 25.3 Å². The first kappa shape index (κ1) is 13.1. The lowest BCUT2D eigenvalue weighted by atomic mass is 10.2. The number of anilines is 2. The highest BCUT2D eigenvalue weighted by molar-refractivity contribution is 5.90. The van der Waals surface area contributed by atoms with Gasteiger partial charge in [0.25, 0.3) is 0 Å². The number of primary amides is 1. The van der Waals surface area contributed by atoms with E-state index in [0.717, 1.165) is 16.7 Å². The molecular formula is C13H17N5O. The van der Waals surface area contributed by atoms with E-state index in [1.165, 1.54) is 0 Å². The highest BCUT2D eigenvalue weighted by Gasteiger charge is 2.06. The van der Waals surface area contributed by atoms with E-state index in [1.54, 1.807) is 7.05 Å². The third-order valence-corrected chi connectivity index (χ3v) is 2.72. The highest BCUT2D eigenvalue weighted by atomic mass is 16.1. The first-order valence-corrected chi connectivity index (χ1v) is 6.17. The van der Waals surface area contributed by atoms with Crippen LogP contribution in [0.15, 0.2) is 24.3 Å². The summed E-state index contributed by atoms with van der Waals surface area (Å²) in [6, 6.07) is 7.78. The number of hydrogen-bond donors (Lipinski definition) is 3. The van der Waals surface area contributed by atoms with Gasteiger partial charge in [0.15, 0.2) is 0 Å². The van der Waals surface area contributed by atoms with Crippen molar-refractivity contribution in [2.75, 3.05) is 24.2 Å². The number of nitrogens with one attached hydrogen (secondary N) is 2. The summed E-state index contributed by atoms with van der Waals surface area (Å²) in [6.07, 6.45) is 1.05. The van der Waals surface area contributed by atoms with Crippen LogP contribution >= 0.6 is 0 Å². The minimum absolute atomic E-state index is 0.287. The molecule has 0 radical (unpaired) electrons. The molecule has 0 unspecified atom stereocenters. The summed E-state index contributed by atoms with van der Waals surface area (Å²) < 4.78 is 0. The number of para-hydroxylation sites is 1. The molecule has 0 bridgehead atoms. The van der Waals surface area contributed by atoms with Crippen LogP contribution in [-0.4, -0.2) is 29.5 Å². The average Bonchev–Trinajstić information content (AvgIpc) is 2.42. The molecule has 19 heavy (non-hydrogen) atoms. The molecule has 0 aliphatic rings. The normalized spacial score (nSPS) is 10.4. The van der Waals surface area contributed by atoms with Crippen molar-refractivity contribution in [1.82, 2.24) is 9.97 Å². The van der Waals surface area contributed by atoms with Gasteiger partial charge in [-0.3, -0.25) is 4.79 Å². The van der Waals surface area contributed by atoms with Gasteiger partial charge in [-0.15, -0.1) is 0 Å². The van der Waals surface area contributed by atoms with Crippen LogP contribution in [0.25, 0.3) is 10.9 Å². The summed E-state index contributed by atoms with van der Waals surface area (Å²) >= 11 is 0. The molecule has 0 spiro atoms. The lowest BCUT2D eigenvalue weighted by molar-refractivity contribution is -0.118. The summed E-state index contributed by atoms with van der Waals surface area (Å²) in [5.41, 5.74) is 5.98. The molecule has 0 saturated carbocycles. The third-order valence-electron chi connectivity index (χ3n) is 2.72. The summed E-state index contributed by atoms with van der Waals surface area (Å²) in [4.78, 5) is 19.4. The van der Waals surface area contributed by atoms with Gasteiger partial charge in [-0.05, 0) is 18.6 Å². The quantitative estimate of drug-likeness (QED) is 0.681. The zero-order valence-corrected chi connectivity index (χ0v) is 10.8. The number of benzene rings is 1. The number of carbonyl (C=O) groups is 1. The fourth-order valence-corrected chi connectivity index (χ4v) is 1.79. The Balaban J connectivity index is 2.18. The maximum absolute atomic E-state index is 10.7. The molecule has 1 amide bonds.